The number of hydrogen-bond acceptors (Lipinski definition) is 4. The van der Waals surface area contributed by atoms with E-state index in [4.69, 9.17) is 14.2 Å². The molecule has 0 heterocycles. The van der Waals surface area contributed by atoms with Crippen molar-refractivity contribution in [2.24, 2.45) is 0 Å². The zero-order valence-electron chi connectivity index (χ0n) is 17.6. The molecule has 0 atom stereocenters. The average Bonchev–Trinajstić information content (AvgIpc) is 2.72. The number of esters is 1. The molecule has 0 spiro atoms. The van der Waals surface area contributed by atoms with Crippen LogP contribution in [0.15, 0.2) is 36.9 Å². The Morgan fingerprint density at radius 1 is 0.857 bits per heavy atom. The lowest BCUT2D eigenvalue weighted by molar-refractivity contribution is -0.138. The van der Waals surface area contributed by atoms with Crippen molar-refractivity contribution in [3.05, 3.63) is 42.5 Å². The van der Waals surface area contributed by atoms with Gasteiger partial charge in [-0.05, 0) is 30.5 Å². The first-order valence-electron chi connectivity index (χ1n) is 10.8. The normalized spacial score (nSPS) is 10.6. The predicted octanol–water partition coefficient (Wildman–Crippen LogP) is 5.88. The minimum absolute atomic E-state index is 0.368. The van der Waals surface area contributed by atoms with Crippen LogP contribution in [-0.4, -0.2) is 32.4 Å². The van der Waals surface area contributed by atoms with Gasteiger partial charge in [-0.3, -0.25) is 0 Å². The van der Waals surface area contributed by atoms with Gasteiger partial charge < -0.3 is 14.2 Å². The molecule has 0 aromatic heterocycles. The van der Waals surface area contributed by atoms with E-state index in [1.807, 2.05) is 0 Å². The molecule has 0 fully saturated rings. The van der Waals surface area contributed by atoms with Crippen LogP contribution in [0.4, 0.5) is 0 Å². The molecule has 0 unspecified atom stereocenters. The van der Waals surface area contributed by atoms with Crippen molar-refractivity contribution in [2.45, 2.75) is 71.1 Å². The molecule has 4 heteroatoms. The van der Waals surface area contributed by atoms with E-state index < -0.39 is 0 Å². The van der Waals surface area contributed by atoms with Crippen LogP contribution in [-0.2, 0) is 20.7 Å². The van der Waals surface area contributed by atoms with Gasteiger partial charge in [-0.2, -0.15) is 0 Å². The van der Waals surface area contributed by atoms with Crippen molar-refractivity contribution < 1.29 is 19.0 Å². The predicted molar refractivity (Wildman–Crippen MR) is 115 cm³/mol. The van der Waals surface area contributed by atoms with Crippen LogP contribution in [0.25, 0.3) is 0 Å². The second-order valence-corrected chi connectivity index (χ2v) is 7.05. The summed E-state index contributed by atoms with van der Waals surface area (Å²) in [5.41, 5.74) is 1.39. The number of carbonyl (C=O) groups excluding carboxylic acids is 1. The third-order valence-electron chi connectivity index (χ3n) is 4.54. The van der Waals surface area contributed by atoms with Gasteiger partial charge in [-0.25, -0.2) is 4.79 Å². The van der Waals surface area contributed by atoms with E-state index in [2.05, 4.69) is 37.8 Å². The maximum Gasteiger partial charge on any atom is 0.330 e. The summed E-state index contributed by atoms with van der Waals surface area (Å²) < 4.78 is 16.1. The minimum atomic E-state index is -0.387. The Labute approximate surface area is 171 Å². The molecule has 0 aliphatic heterocycles. The Balaban J connectivity index is 1.97. The van der Waals surface area contributed by atoms with Gasteiger partial charge in [0.2, 0.25) is 0 Å². The Kier molecular flexibility index (Phi) is 15.0. The SMILES string of the molecule is C=CC(=O)OCCCOCCCOc1ccc(CCCCCCCCC)cc1. The summed E-state index contributed by atoms with van der Waals surface area (Å²) in [6.45, 7) is 7.84. The lowest BCUT2D eigenvalue weighted by Crippen LogP contribution is -2.07. The van der Waals surface area contributed by atoms with E-state index in [-0.39, 0.29) is 5.97 Å². The summed E-state index contributed by atoms with van der Waals surface area (Å²) in [6.07, 6.45) is 13.3. The molecule has 0 amide bonds. The van der Waals surface area contributed by atoms with E-state index in [1.165, 1.54) is 56.6 Å². The Hall–Kier alpha value is -1.81. The number of carbonyl (C=O) groups is 1. The molecule has 28 heavy (non-hydrogen) atoms. The molecule has 0 radical (unpaired) electrons. The van der Waals surface area contributed by atoms with Gasteiger partial charge in [0.25, 0.3) is 0 Å². The second-order valence-electron chi connectivity index (χ2n) is 7.05. The molecule has 4 nitrogen and oxygen atoms in total. The van der Waals surface area contributed by atoms with Crippen LogP contribution >= 0.6 is 0 Å². The number of rotatable bonds is 18. The first kappa shape index (κ1) is 24.2. The molecule has 158 valence electrons. The highest BCUT2D eigenvalue weighted by Crippen LogP contribution is 2.15. The molecule has 0 aliphatic carbocycles. The maximum absolute atomic E-state index is 10.9. The second kappa shape index (κ2) is 17.3. The van der Waals surface area contributed by atoms with Crippen LogP contribution < -0.4 is 4.74 Å². The molecule has 1 aromatic rings. The summed E-state index contributed by atoms with van der Waals surface area (Å²) in [4.78, 5) is 10.9. The lowest BCUT2D eigenvalue weighted by Gasteiger charge is -2.08. The molecule has 0 saturated heterocycles. The van der Waals surface area contributed by atoms with E-state index in [1.54, 1.807) is 0 Å². The van der Waals surface area contributed by atoms with Gasteiger partial charge in [0, 0.05) is 32.1 Å². The van der Waals surface area contributed by atoms with Crippen LogP contribution in [0.3, 0.4) is 0 Å². The number of unbranched alkanes of at least 4 members (excludes halogenated alkanes) is 6. The average molecular weight is 391 g/mol. The number of hydrogen-bond donors (Lipinski definition) is 0. The Morgan fingerprint density at radius 2 is 1.50 bits per heavy atom. The highest BCUT2D eigenvalue weighted by molar-refractivity contribution is 5.81. The smallest absolute Gasteiger partial charge is 0.330 e. The van der Waals surface area contributed by atoms with E-state index in [0.29, 0.717) is 32.8 Å². The van der Waals surface area contributed by atoms with Gasteiger partial charge >= 0.3 is 5.97 Å². The molecular weight excluding hydrogens is 352 g/mol. The van der Waals surface area contributed by atoms with Crippen molar-refractivity contribution in [1.82, 2.24) is 0 Å². The fourth-order valence-corrected chi connectivity index (χ4v) is 2.88. The third kappa shape index (κ3) is 13.4. The van der Waals surface area contributed by atoms with Gasteiger partial charge in [-0.1, -0.05) is 64.2 Å². The van der Waals surface area contributed by atoms with Crippen LogP contribution in [0, 0.1) is 0 Å². The number of ether oxygens (including phenoxy) is 3. The fourth-order valence-electron chi connectivity index (χ4n) is 2.88. The summed E-state index contributed by atoms with van der Waals surface area (Å²) in [6, 6.07) is 8.47. The first-order valence-corrected chi connectivity index (χ1v) is 10.8. The van der Waals surface area contributed by atoms with E-state index in [0.717, 1.165) is 18.6 Å². The molecule has 0 bridgehead atoms. The lowest BCUT2D eigenvalue weighted by atomic mass is 10.0. The standard InChI is InChI=1S/C24H38O4/c1-3-5-6-7-8-9-10-13-22-14-16-23(17-15-22)27-20-11-18-26-19-12-21-28-24(25)4-2/h4,14-17H,2-3,5-13,18-21H2,1H3. The molecule has 1 rings (SSSR count). The van der Waals surface area contributed by atoms with Crippen LogP contribution in [0.1, 0.15) is 70.3 Å². The quantitative estimate of drug-likeness (QED) is 0.178. The molecular formula is C24H38O4. The topological polar surface area (TPSA) is 44.8 Å². The van der Waals surface area contributed by atoms with Crippen LogP contribution in [0.5, 0.6) is 5.75 Å². The van der Waals surface area contributed by atoms with Crippen molar-refractivity contribution in [1.29, 1.82) is 0 Å². The summed E-state index contributed by atoms with van der Waals surface area (Å²) in [7, 11) is 0. The van der Waals surface area contributed by atoms with E-state index >= 15 is 0 Å². The minimum Gasteiger partial charge on any atom is -0.494 e. The summed E-state index contributed by atoms with van der Waals surface area (Å²) >= 11 is 0. The first-order chi connectivity index (χ1) is 13.8. The zero-order valence-corrected chi connectivity index (χ0v) is 17.6. The van der Waals surface area contributed by atoms with E-state index in [9.17, 15) is 4.79 Å². The molecule has 0 saturated carbocycles. The Bertz CT molecular complexity index is 510. The number of benzene rings is 1. The third-order valence-corrected chi connectivity index (χ3v) is 4.54. The van der Waals surface area contributed by atoms with Crippen molar-refractivity contribution in [3.8, 4) is 5.75 Å². The fraction of sp³-hybridized carbons (Fsp3) is 0.625. The van der Waals surface area contributed by atoms with Gasteiger partial charge in [0.15, 0.2) is 0 Å². The Morgan fingerprint density at radius 3 is 2.18 bits per heavy atom. The summed E-state index contributed by atoms with van der Waals surface area (Å²) in [5, 5.41) is 0. The molecule has 0 aliphatic rings. The largest absolute Gasteiger partial charge is 0.494 e. The molecule has 0 N–H and O–H groups in total. The van der Waals surface area contributed by atoms with Crippen molar-refractivity contribution in [3.63, 3.8) is 0 Å². The van der Waals surface area contributed by atoms with Gasteiger partial charge in [-0.15, -0.1) is 0 Å². The monoisotopic (exact) mass is 390 g/mol. The van der Waals surface area contributed by atoms with Gasteiger partial charge in [0.1, 0.15) is 5.75 Å². The summed E-state index contributed by atoms with van der Waals surface area (Å²) in [5.74, 6) is 0.529. The number of aryl methyl sites for hydroxylation is 1. The van der Waals surface area contributed by atoms with Crippen molar-refractivity contribution in [2.75, 3.05) is 26.4 Å². The van der Waals surface area contributed by atoms with Crippen molar-refractivity contribution >= 4 is 5.97 Å². The van der Waals surface area contributed by atoms with Gasteiger partial charge in [0.05, 0.1) is 13.2 Å². The zero-order chi connectivity index (χ0) is 20.3. The molecule has 1 aromatic carbocycles. The highest BCUT2D eigenvalue weighted by atomic mass is 16.5. The highest BCUT2D eigenvalue weighted by Gasteiger charge is 1.98. The maximum atomic E-state index is 10.9. The van der Waals surface area contributed by atoms with Crippen LogP contribution in [0.2, 0.25) is 0 Å².